The zero-order valence-electron chi connectivity index (χ0n) is 27.7. The number of methoxy groups -OCH3 is 2. The van der Waals surface area contributed by atoms with Crippen LogP contribution in [0.1, 0.15) is 94.0 Å². The summed E-state index contributed by atoms with van der Waals surface area (Å²) < 4.78 is 18.0. The first-order valence-corrected chi connectivity index (χ1v) is 17.2. The van der Waals surface area contributed by atoms with Crippen molar-refractivity contribution in [3.8, 4) is 28.4 Å². The number of carbonyl (C=O) groups excluding carboxylic acids is 1. The van der Waals surface area contributed by atoms with Gasteiger partial charge in [-0.3, -0.25) is 4.79 Å². The van der Waals surface area contributed by atoms with E-state index in [1.807, 2.05) is 53.4 Å². The Hall–Kier alpha value is -3.47. The minimum atomic E-state index is 0.0582. The van der Waals surface area contributed by atoms with Gasteiger partial charge in [0.05, 0.1) is 14.2 Å². The number of fused-ring (bicyclic) bond motifs is 1. The third-order valence-corrected chi connectivity index (χ3v) is 11.2. The van der Waals surface area contributed by atoms with Crippen molar-refractivity contribution in [2.24, 2.45) is 23.2 Å². The van der Waals surface area contributed by atoms with Gasteiger partial charge in [-0.15, -0.1) is 0 Å². The molecule has 240 valence electrons. The lowest BCUT2D eigenvalue weighted by Gasteiger charge is -2.43. The van der Waals surface area contributed by atoms with E-state index in [2.05, 4.69) is 32.0 Å². The van der Waals surface area contributed by atoms with E-state index in [0.717, 1.165) is 59.2 Å². The maximum absolute atomic E-state index is 14.2. The van der Waals surface area contributed by atoms with E-state index < -0.39 is 0 Å². The summed E-state index contributed by atoms with van der Waals surface area (Å²) >= 11 is 0. The summed E-state index contributed by atoms with van der Waals surface area (Å²) in [5, 5.41) is 0. The molecule has 4 unspecified atom stereocenters. The van der Waals surface area contributed by atoms with Crippen molar-refractivity contribution in [2.45, 2.75) is 90.7 Å². The fraction of sp³-hybridized carbons (Fsp3) is 0.525. The Morgan fingerprint density at radius 3 is 2.33 bits per heavy atom. The molecule has 6 rings (SSSR count). The van der Waals surface area contributed by atoms with Gasteiger partial charge in [0, 0.05) is 30.3 Å². The molecule has 0 N–H and O–H groups in total. The van der Waals surface area contributed by atoms with Gasteiger partial charge in [0.25, 0.3) is 5.91 Å². The number of hydrogen-bond donors (Lipinski definition) is 0. The molecular formula is C40H51NO4. The lowest BCUT2D eigenvalue weighted by Crippen LogP contribution is -2.40. The van der Waals surface area contributed by atoms with Crippen LogP contribution in [0.3, 0.4) is 0 Å². The molecule has 3 aromatic carbocycles. The molecule has 0 radical (unpaired) electrons. The lowest BCUT2D eigenvalue weighted by atomic mass is 9.66. The quantitative estimate of drug-likeness (QED) is 0.230. The predicted octanol–water partition coefficient (Wildman–Crippen LogP) is 9.58. The van der Waals surface area contributed by atoms with Crippen LogP contribution in [0.2, 0.25) is 0 Å². The third kappa shape index (κ3) is 7.18. The van der Waals surface area contributed by atoms with Gasteiger partial charge in [0.2, 0.25) is 0 Å². The van der Waals surface area contributed by atoms with Crippen molar-refractivity contribution >= 4 is 5.91 Å². The van der Waals surface area contributed by atoms with Gasteiger partial charge in [0.15, 0.2) is 0 Å². The van der Waals surface area contributed by atoms with Crippen LogP contribution in [0.25, 0.3) is 11.1 Å². The van der Waals surface area contributed by atoms with Gasteiger partial charge in [0.1, 0.15) is 23.4 Å². The van der Waals surface area contributed by atoms with Crippen molar-refractivity contribution in [3.05, 3.63) is 77.9 Å². The molecule has 3 saturated carbocycles. The molecule has 0 saturated heterocycles. The summed E-state index contributed by atoms with van der Waals surface area (Å²) in [4.78, 5) is 16.2. The Labute approximate surface area is 270 Å². The molecule has 0 heterocycles. The summed E-state index contributed by atoms with van der Waals surface area (Å²) in [6.07, 6.45) is 12.9. The molecule has 3 aliphatic rings. The smallest absolute Gasteiger partial charge is 0.254 e. The average Bonchev–Trinajstić information content (AvgIpc) is 3.38. The highest BCUT2D eigenvalue weighted by Gasteiger charge is 2.39. The van der Waals surface area contributed by atoms with Gasteiger partial charge in [-0.1, -0.05) is 63.8 Å². The van der Waals surface area contributed by atoms with Crippen molar-refractivity contribution in [1.82, 2.24) is 4.90 Å². The van der Waals surface area contributed by atoms with Crippen LogP contribution < -0.4 is 14.2 Å². The number of ether oxygens (including phenoxy) is 3. The molecule has 5 heteroatoms. The zero-order valence-corrected chi connectivity index (χ0v) is 27.7. The van der Waals surface area contributed by atoms with E-state index in [4.69, 9.17) is 14.2 Å². The van der Waals surface area contributed by atoms with E-state index in [0.29, 0.717) is 30.0 Å². The van der Waals surface area contributed by atoms with E-state index in [-0.39, 0.29) is 11.3 Å². The molecule has 3 aromatic rings. The Bertz CT molecular complexity index is 1450. The first-order valence-electron chi connectivity index (χ1n) is 17.2. The van der Waals surface area contributed by atoms with Crippen molar-refractivity contribution in [3.63, 3.8) is 0 Å². The van der Waals surface area contributed by atoms with Gasteiger partial charge in [-0.05, 0) is 109 Å². The van der Waals surface area contributed by atoms with Crippen LogP contribution in [-0.2, 0) is 6.54 Å². The second kappa shape index (κ2) is 13.9. The number of rotatable bonds is 10. The monoisotopic (exact) mass is 609 g/mol. The SMILES string of the molecule is COc1cccc(-c2ccc(C(=O)N(Cc3ccc(OC4CCCCCC5CCC54)cc3OC)CC3CCCC3(C)C)cc2)c1. The Morgan fingerprint density at radius 2 is 1.62 bits per heavy atom. The van der Waals surface area contributed by atoms with Crippen LogP contribution in [0.5, 0.6) is 17.2 Å². The Morgan fingerprint density at radius 1 is 0.800 bits per heavy atom. The zero-order chi connectivity index (χ0) is 31.4. The van der Waals surface area contributed by atoms with Gasteiger partial charge >= 0.3 is 0 Å². The van der Waals surface area contributed by atoms with Crippen LogP contribution in [-0.4, -0.2) is 37.7 Å². The summed E-state index contributed by atoms with van der Waals surface area (Å²) in [6, 6.07) is 22.3. The highest BCUT2D eigenvalue weighted by molar-refractivity contribution is 5.94. The molecule has 0 spiro atoms. The number of benzene rings is 3. The number of amides is 1. The van der Waals surface area contributed by atoms with Gasteiger partial charge in [-0.2, -0.15) is 0 Å². The minimum Gasteiger partial charge on any atom is -0.497 e. The average molecular weight is 610 g/mol. The summed E-state index contributed by atoms with van der Waals surface area (Å²) in [6.45, 7) is 5.94. The topological polar surface area (TPSA) is 48.0 Å². The maximum Gasteiger partial charge on any atom is 0.254 e. The normalized spacial score (nSPS) is 24.0. The fourth-order valence-corrected chi connectivity index (χ4v) is 8.05. The maximum atomic E-state index is 14.2. The second-order valence-corrected chi connectivity index (χ2v) is 14.3. The standard InChI is InChI=1S/C40H51NO4/c1-40(2)23-9-12-33(40)27-41(39(42)30-17-15-28(16-18-30)31-11-8-13-34(24-31)43-3)26-32-19-21-35(25-38(32)44-4)45-37-14-7-5-6-10-29-20-22-36(29)37/h8,11,13,15-19,21,24-25,29,33,36-37H,5-7,9-10,12,14,20,22-23,26-27H2,1-4H3. The number of nitrogens with zero attached hydrogens (tertiary/aromatic N) is 1. The molecule has 1 amide bonds. The molecule has 45 heavy (non-hydrogen) atoms. The number of hydrogen-bond acceptors (Lipinski definition) is 4. The van der Waals surface area contributed by atoms with Crippen LogP contribution in [0, 0.1) is 23.2 Å². The lowest BCUT2D eigenvalue weighted by molar-refractivity contribution is 0.0110. The minimum absolute atomic E-state index is 0.0582. The van der Waals surface area contributed by atoms with E-state index in [1.165, 1.54) is 51.4 Å². The first kappa shape index (κ1) is 31.5. The molecule has 4 atom stereocenters. The van der Waals surface area contributed by atoms with Crippen LogP contribution in [0.4, 0.5) is 0 Å². The molecule has 3 aliphatic carbocycles. The summed E-state index contributed by atoms with van der Waals surface area (Å²) in [7, 11) is 3.41. The molecular weight excluding hydrogens is 558 g/mol. The molecule has 0 bridgehead atoms. The number of carbonyl (C=O) groups is 1. The van der Waals surface area contributed by atoms with Gasteiger partial charge < -0.3 is 19.1 Å². The molecule has 3 fully saturated rings. The fourth-order valence-electron chi connectivity index (χ4n) is 8.05. The van der Waals surface area contributed by atoms with Gasteiger partial charge in [-0.25, -0.2) is 0 Å². The van der Waals surface area contributed by atoms with E-state index in [1.54, 1.807) is 14.2 Å². The molecule has 0 aromatic heterocycles. The van der Waals surface area contributed by atoms with Crippen LogP contribution in [0.15, 0.2) is 66.7 Å². The van der Waals surface area contributed by atoms with Crippen LogP contribution >= 0.6 is 0 Å². The van der Waals surface area contributed by atoms with Crippen molar-refractivity contribution in [2.75, 3.05) is 20.8 Å². The summed E-state index contributed by atoms with van der Waals surface area (Å²) in [5.41, 5.74) is 4.06. The second-order valence-electron chi connectivity index (χ2n) is 14.3. The first-order chi connectivity index (χ1) is 21.8. The highest BCUT2D eigenvalue weighted by Crippen LogP contribution is 2.45. The van der Waals surface area contributed by atoms with E-state index >= 15 is 0 Å². The third-order valence-electron chi connectivity index (χ3n) is 11.2. The molecule has 0 aliphatic heterocycles. The Kier molecular flexibility index (Phi) is 9.72. The Balaban J connectivity index is 1.22. The predicted molar refractivity (Wildman–Crippen MR) is 181 cm³/mol. The highest BCUT2D eigenvalue weighted by atomic mass is 16.5. The summed E-state index contributed by atoms with van der Waals surface area (Å²) in [5.74, 6) is 4.54. The van der Waals surface area contributed by atoms with Crippen molar-refractivity contribution in [1.29, 1.82) is 0 Å². The molecule has 5 nitrogen and oxygen atoms in total. The van der Waals surface area contributed by atoms with Crippen molar-refractivity contribution < 1.29 is 19.0 Å². The largest absolute Gasteiger partial charge is 0.497 e. The van der Waals surface area contributed by atoms with E-state index in [9.17, 15) is 4.79 Å².